The second kappa shape index (κ2) is 9.46. The highest BCUT2D eigenvalue weighted by atomic mass is 19.2. The maximum atomic E-state index is 13.5. The van der Waals surface area contributed by atoms with Crippen molar-refractivity contribution in [3.8, 4) is 23.2 Å². The number of halogens is 2. The number of nitrogens with zero attached hydrogens (tertiary/aromatic N) is 2. The molecule has 3 aromatic carbocycles. The van der Waals surface area contributed by atoms with Gasteiger partial charge >= 0.3 is 0 Å². The maximum absolute atomic E-state index is 13.5. The summed E-state index contributed by atoms with van der Waals surface area (Å²) in [5.74, 6) is 5.12. The number of hydrogen-bond donors (Lipinski definition) is 0. The average Bonchev–Trinajstić information content (AvgIpc) is 2.79. The highest BCUT2D eigenvalue weighted by molar-refractivity contribution is 5.84. The summed E-state index contributed by atoms with van der Waals surface area (Å²) in [7, 11) is 1.69. The summed E-state index contributed by atoms with van der Waals surface area (Å²) in [6.07, 6.45) is 5.52. The fourth-order valence-electron chi connectivity index (χ4n) is 3.22. The first-order valence-corrected chi connectivity index (χ1v) is 9.93. The monoisotopic (exact) mass is 414 g/mol. The molecule has 0 aliphatic carbocycles. The minimum absolute atomic E-state index is 0.615. The van der Waals surface area contributed by atoms with E-state index in [-0.39, 0.29) is 0 Å². The molecule has 1 aromatic heterocycles. The van der Waals surface area contributed by atoms with Crippen molar-refractivity contribution in [3.63, 3.8) is 0 Å². The van der Waals surface area contributed by atoms with E-state index >= 15 is 0 Å². The van der Waals surface area contributed by atoms with Gasteiger partial charge in [0.15, 0.2) is 17.5 Å². The molecular formula is C26H20F2N2O. The van der Waals surface area contributed by atoms with Crippen molar-refractivity contribution in [1.29, 1.82) is 0 Å². The smallest absolute Gasteiger partial charge is 0.159 e. The number of fused-ring (bicyclic) bond motifs is 1. The molecule has 0 aliphatic heterocycles. The number of ether oxygens (including phenoxy) is 1. The summed E-state index contributed by atoms with van der Waals surface area (Å²) in [6.45, 7) is 0.721. The molecule has 0 N–H and O–H groups in total. The highest BCUT2D eigenvalue weighted by Gasteiger charge is 2.04. The van der Waals surface area contributed by atoms with E-state index in [9.17, 15) is 8.78 Å². The van der Waals surface area contributed by atoms with E-state index in [1.54, 1.807) is 25.3 Å². The number of benzene rings is 3. The quantitative estimate of drug-likeness (QED) is 0.317. The van der Waals surface area contributed by atoms with Crippen LogP contribution in [0.5, 0.6) is 0 Å². The number of aryl methyl sites for hydroxylation is 1. The lowest BCUT2D eigenvalue weighted by molar-refractivity contribution is 0.195. The Morgan fingerprint density at radius 2 is 1.45 bits per heavy atom. The van der Waals surface area contributed by atoms with Crippen LogP contribution < -0.4 is 0 Å². The predicted octanol–water partition coefficient (Wildman–Crippen LogP) is 5.55. The van der Waals surface area contributed by atoms with Crippen molar-refractivity contribution in [2.24, 2.45) is 0 Å². The van der Waals surface area contributed by atoms with Crippen LogP contribution in [0.3, 0.4) is 0 Å². The van der Waals surface area contributed by atoms with Gasteiger partial charge in [0, 0.05) is 42.8 Å². The molecule has 31 heavy (non-hydrogen) atoms. The van der Waals surface area contributed by atoms with Crippen LogP contribution in [0.15, 0.2) is 67.0 Å². The normalized spacial score (nSPS) is 10.7. The molecule has 154 valence electrons. The van der Waals surface area contributed by atoms with E-state index < -0.39 is 11.6 Å². The molecule has 3 nitrogen and oxygen atoms in total. The fraction of sp³-hybridized carbons (Fsp3) is 0.154. The van der Waals surface area contributed by atoms with Gasteiger partial charge in [-0.3, -0.25) is 0 Å². The Morgan fingerprint density at radius 1 is 0.806 bits per heavy atom. The number of methoxy groups -OCH3 is 1. The summed E-state index contributed by atoms with van der Waals surface area (Å²) in [5.41, 5.74) is 3.57. The first-order valence-electron chi connectivity index (χ1n) is 9.93. The van der Waals surface area contributed by atoms with E-state index in [2.05, 4.69) is 21.8 Å². The van der Waals surface area contributed by atoms with Crippen LogP contribution >= 0.6 is 0 Å². The maximum Gasteiger partial charge on any atom is 0.159 e. The Kier molecular flexibility index (Phi) is 6.30. The van der Waals surface area contributed by atoms with Crippen LogP contribution in [0.2, 0.25) is 0 Å². The third-order valence-electron chi connectivity index (χ3n) is 4.89. The zero-order valence-corrected chi connectivity index (χ0v) is 17.0. The summed E-state index contributed by atoms with van der Waals surface area (Å²) in [4.78, 5) is 8.90. The molecule has 0 saturated carbocycles. The van der Waals surface area contributed by atoms with Gasteiger partial charge in [0.25, 0.3) is 0 Å². The highest BCUT2D eigenvalue weighted by Crippen LogP contribution is 2.20. The Balaban J connectivity index is 1.47. The number of aromatic nitrogens is 2. The minimum atomic E-state index is -0.863. The van der Waals surface area contributed by atoms with Gasteiger partial charge in [0.2, 0.25) is 0 Å². The van der Waals surface area contributed by atoms with Gasteiger partial charge in [0.05, 0.1) is 0 Å². The second-order valence-corrected chi connectivity index (χ2v) is 7.17. The molecule has 0 unspecified atom stereocenters. The molecule has 0 atom stereocenters. The molecule has 0 radical (unpaired) electrons. The van der Waals surface area contributed by atoms with Crippen LogP contribution in [0, 0.1) is 23.5 Å². The number of rotatable bonds is 5. The van der Waals surface area contributed by atoms with Crippen LogP contribution in [0.1, 0.15) is 23.1 Å². The molecule has 0 spiro atoms. The standard InChI is InChI=1S/C26H20F2N2O/c1-31-12-2-3-20-16-29-26(30-17-20)21-9-6-18(7-10-21)4-5-19-8-11-22-14-24(27)25(28)15-23(22)13-19/h6-11,13-17H,2-3,12H2,1H3. The van der Waals surface area contributed by atoms with Crippen molar-refractivity contribution >= 4 is 10.8 Å². The Morgan fingerprint density at radius 3 is 2.16 bits per heavy atom. The van der Waals surface area contributed by atoms with Crippen LogP contribution in [0.4, 0.5) is 8.78 Å². The van der Waals surface area contributed by atoms with Gasteiger partial charge in [-0.1, -0.05) is 17.9 Å². The molecule has 5 heteroatoms. The number of hydrogen-bond acceptors (Lipinski definition) is 3. The van der Waals surface area contributed by atoms with Crippen molar-refractivity contribution in [2.45, 2.75) is 12.8 Å². The molecule has 0 saturated heterocycles. The Hall–Kier alpha value is -3.62. The van der Waals surface area contributed by atoms with E-state index in [1.807, 2.05) is 36.7 Å². The van der Waals surface area contributed by atoms with Gasteiger partial charge in [-0.2, -0.15) is 0 Å². The zero-order chi connectivity index (χ0) is 21.6. The van der Waals surface area contributed by atoms with Gasteiger partial charge in [-0.15, -0.1) is 0 Å². The van der Waals surface area contributed by atoms with E-state index in [0.717, 1.165) is 41.7 Å². The lowest BCUT2D eigenvalue weighted by Gasteiger charge is -2.03. The van der Waals surface area contributed by atoms with Crippen LogP contribution in [-0.2, 0) is 11.2 Å². The average molecular weight is 414 g/mol. The summed E-state index contributed by atoms with van der Waals surface area (Å²) in [6, 6.07) is 15.3. The van der Waals surface area contributed by atoms with Crippen molar-refractivity contribution in [1.82, 2.24) is 9.97 Å². The van der Waals surface area contributed by atoms with Gasteiger partial charge in [-0.25, -0.2) is 18.7 Å². The Labute approximate surface area is 179 Å². The molecule has 0 bridgehead atoms. The van der Waals surface area contributed by atoms with Gasteiger partial charge in [0.1, 0.15) is 0 Å². The summed E-state index contributed by atoms with van der Waals surface area (Å²) < 4.78 is 31.9. The lowest BCUT2D eigenvalue weighted by atomic mass is 10.1. The molecule has 0 fully saturated rings. The predicted molar refractivity (Wildman–Crippen MR) is 118 cm³/mol. The fourth-order valence-corrected chi connectivity index (χ4v) is 3.22. The lowest BCUT2D eigenvalue weighted by Crippen LogP contribution is -1.96. The Bertz CT molecular complexity index is 1260. The summed E-state index contributed by atoms with van der Waals surface area (Å²) in [5, 5.41) is 1.25. The molecule has 4 aromatic rings. The van der Waals surface area contributed by atoms with Gasteiger partial charge < -0.3 is 4.74 Å². The third-order valence-corrected chi connectivity index (χ3v) is 4.89. The molecular weight excluding hydrogens is 394 g/mol. The minimum Gasteiger partial charge on any atom is -0.385 e. The first kappa shape index (κ1) is 20.6. The van der Waals surface area contributed by atoms with Crippen molar-refractivity contribution in [2.75, 3.05) is 13.7 Å². The summed E-state index contributed by atoms with van der Waals surface area (Å²) >= 11 is 0. The third kappa shape index (κ3) is 5.11. The van der Waals surface area contributed by atoms with E-state index in [1.165, 1.54) is 12.1 Å². The van der Waals surface area contributed by atoms with Gasteiger partial charge in [-0.05, 0) is 77.7 Å². The van der Waals surface area contributed by atoms with Crippen molar-refractivity contribution < 1.29 is 13.5 Å². The first-order chi connectivity index (χ1) is 15.1. The molecule has 0 aliphatic rings. The van der Waals surface area contributed by atoms with E-state index in [4.69, 9.17) is 4.74 Å². The second-order valence-electron chi connectivity index (χ2n) is 7.17. The van der Waals surface area contributed by atoms with E-state index in [0.29, 0.717) is 16.6 Å². The van der Waals surface area contributed by atoms with Crippen LogP contribution in [0.25, 0.3) is 22.2 Å². The van der Waals surface area contributed by atoms with Crippen molar-refractivity contribution in [3.05, 3.63) is 95.3 Å². The molecule has 4 rings (SSSR count). The SMILES string of the molecule is COCCCc1cnc(-c2ccc(C#Cc3ccc4cc(F)c(F)cc4c3)cc2)nc1. The largest absolute Gasteiger partial charge is 0.385 e. The molecule has 1 heterocycles. The molecule has 0 amide bonds. The topological polar surface area (TPSA) is 35.0 Å². The van der Waals surface area contributed by atoms with Crippen LogP contribution in [-0.4, -0.2) is 23.7 Å². The zero-order valence-electron chi connectivity index (χ0n) is 17.0.